The van der Waals surface area contributed by atoms with Crippen molar-refractivity contribution in [2.24, 2.45) is 0 Å². The lowest BCUT2D eigenvalue weighted by atomic mass is 9.91. The van der Waals surface area contributed by atoms with E-state index in [2.05, 4.69) is 162 Å². The predicted octanol–water partition coefficient (Wildman–Crippen LogP) is 9.15. The summed E-state index contributed by atoms with van der Waals surface area (Å²) in [6.45, 7) is 0.842. The fraction of sp³-hybridized carbons (Fsp3) is 0.0698. The lowest BCUT2D eigenvalue weighted by Crippen LogP contribution is -2.43. The van der Waals surface area contributed by atoms with Crippen LogP contribution in [0.15, 0.2) is 169 Å². The number of hydrogen-bond acceptors (Lipinski definition) is 3. The van der Waals surface area contributed by atoms with Crippen LogP contribution in [0.1, 0.15) is 5.56 Å². The van der Waals surface area contributed by atoms with Crippen molar-refractivity contribution in [3.8, 4) is 44.5 Å². The van der Waals surface area contributed by atoms with Crippen molar-refractivity contribution in [3.63, 3.8) is 0 Å². The maximum atomic E-state index is 3.77. The summed E-state index contributed by atoms with van der Waals surface area (Å²) in [5.74, 6) is 0. The topological polar surface area (TPSA) is 36.1 Å². The number of nitrogens with one attached hydrogen (secondary N) is 3. The fourth-order valence-electron chi connectivity index (χ4n) is 7.32. The predicted molar refractivity (Wildman–Crippen MR) is 193 cm³/mol. The first-order chi connectivity index (χ1) is 22.8. The summed E-state index contributed by atoms with van der Waals surface area (Å²) >= 11 is 0. The molecule has 0 radical (unpaired) electrons. The molecule has 5 aromatic carbocycles. The molecule has 0 fully saturated rings. The molecule has 1 aliphatic carbocycles. The molecule has 2 unspecified atom stereocenters. The number of fused-ring (bicyclic) bond motifs is 3. The Bertz CT molecular complexity index is 2200. The van der Waals surface area contributed by atoms with Gasteiger partial charge in [0.05, 0.1) is 12.1 Å². The van der Waals surface area contributed by atoms with Gasteiger partial charge in [0.15, 0.2) is 0 Å². The van der Waals surface area contributed by atoms with E-state index in [1.807, 2.05) is 12.3 Å². The number of allylic oxidation sites excluding steroid dienone is 6. The Morgan fingerprint density at radius 3 is 2.07 bits per heavy atom. The van der Waals surface area contributed by atoms with Gasteiger partial charge in [-0.1, -0.05) is 115 Å². The average molecular weight is 592 g/mol. The van der Waals surface area contributed by atoms with Gasteiger partial charge in [-0.25, -0.2) is 0 Å². The van der Waals surface area contributed by atoms with Crippen molar-refractivity contribution in [2.75, 3.05) is 6.54 Å². The molecule has 4 aliphatic rings. The molecule has 0 amide bonds. The van der Waals surface area contributed by atoms with Gasteiger partial charge in [-0.05, 0) is 109 Å². The van der Waals surface area contributed by atoms with Crippen LogP contribution in [0.4, 0.5) is 0 Å². The van der Waals surface area contributed by atoms with Crippen LogP contribution in [-0.4, -0.2) is 18.6 Å². The van der Waals surface area contributed by atoms with E-state index in [4.69, 9.17) is 0 Å². The quantitative estimate of drug-likeness (QED) is 0.187. The van der Waals surface area contributed by atoms with Gasteiger partial charge in [0, 0.05) is 17.9 Å². The van der Waals surface area contributed by atoms with E-state index in [-0.39, 0.29) is 12.1 Å². The van der Waals surface area contributed by atoms with Crippen molar-refractivity contribution in [1.29, 1.82) is 0 Å². The molecule has 0 spiro atoms. The lowest BCUT2D eigenvalue weighted by Gasteiger charge is -2.31. The Hall–Kier alpha value is -5.80. The third-order valence-electron chi connectivity index (χ3n) is 9.52. The Morgan fingerprint density at radius 1 is 0.565 bits per heavy atom. The molecule has 0 bridgehead atoms. The van der Waals surface area contributed by atoms with Crippen LogP contribution in [0.2, 0.25) is 0 Å². The van der Waals surface area contributed by atoms with Crippen molar-refractivity contribution < 1.29 is 0 Å². The Kier molecular flexibility index (Phi) is 6.34. The molecule has 3 N–H and O–H groups in total. The van der Waals surface area contributed by atoms with E-state index in [1.165, 1.54) is 72.1 Å². The zero-order valence-corrected chi connectivity index (χ0v) is 25.4. The van der Waals surface area contributed by atoms with Crippen LogP contribution in [0.25, 0.3) is 60.9 Å². The van der Waals surface area contributed by atoms with E-state index in [0.717, 1.165) is 12.2 Å². The Morgan fingerprint density at radius 2 is 1.28 bits per heavy atom. The maximum Gasteiger partial charge on any atom is 0.0851 e. The molecule has 2 atom stereocenters. The highest BCUT2D eigenvalue weighted by molar-refractivity contribution is 6.18. The van der Waals surface area contributed by atoms with E-state index in [0.29, 0.717) is 0 Å². The van der Waals surface area contributed by atoms with Gasteiger partial charge in [-0.3, -0.25) is 0 Å². The molecule has 0 saturated carbocycles. The number of hydrogen-bond donors (Lipinski definition) is 3. The van der Waals surface area contributed by atoms with Gasteiger partial charge in [0.25, 0.3) is 0 Å². The molecule has 3 heterocycles. The third kappa shape index (κ3) is 4.52. The molecule has 220 valence electrons. The molecule has 5 aromatic rings. The van der Waals surface area contributed by atoms with E-state index < -0.39 is 0 Å². The minimum Gasteiger partial charge on any atom is -0.383 e. The van der Waals surface area contributed by atoms with Gasteiger partial charge in [0.1, 0.15) is 0 Å². The molecular formula is C43H33N3. The van der Waals surface area contributed by atoms with E-state index in [9.17, 15) is 0 Å². The van der Waals surface area contributed by atoms with Crippen molar-refractivity contribution in [2.45, 2.75) is 12.1 Å². The summed E-state index contributed by atoms with van der Waals surface area (Å²) < 4.78 is 0. The van der Waals surface area contributed by atoms with Gasteiger partial charge in [-0.2, -0.15) is 0 Å². The average Bonchev–Trinajstić information content (AvgIpc) is 3.47. The zero-order valence-electron chi connectivity index (χ0n) is 25.4. The SMILES string of the molecule is C1=CCNC(C2C=C(c3cccc(-c4cccc(-c5ccc6c7c(cccc57)-c5ccccc5-6)c4)c3)C=C(C3C=CC=CN3)N2)=C1. The Balaban J connectivity index is 1.10. The smallest absolute Gasteiger partial charge is 0.0851 e. The fourth-order valence-corrected chi connectivity index (χ4v) is 7.32. The van der Waals surface area contributed by atoms with Crippen LogP contribution in [0, 0.1) is 0 Å². The highest BCUT2D eigenvalue weighted by Crippen LogP contribution is 2.49. The summed E-state index contributed by atoms with van der Waals surface area (Å²) in [5, 5.41) is 13.5. The van der Waals surface area contributed by atoms with E-state index >= 15 is 0 Å². The summed E-state index contributed by atoms with van der Waals surface area (Å²) in [7, 11) is 0. The first-order valence-corrected chi connectivity index (χ1v) is 16.1. The van der Waals surface area contributed by atoms with Crippen molar-refractivity contribution >= 4 is 16.3 Å². The number of benzene rings is 5. The second-order valence-electron chi connectivity index (χ2n) is 12.3. The normalized spacial score (nSPS) is 19.0. The van der Waals surface area contributed by atoms with E-state index in [1.54, 1.807) is 0 Å². The maximum absolute atomic E-state index is 3.77. The first-order valence-electron chi connectivity index (χ1n) is 16.1. The summed E-state index contributed by atoms with van der Waals surface area (Å²) in [6, 6.07) is 38.2. The van der Waals surface area contributed by atoms with Crippen LogP contribution < -0.4 is 16.0 Å². The van der Waals surface area contributed by atoms with Gasteiger partial charge in [-0.15, -0.1) is 0 Å². The summed E-state index contributed by atoms with van der Waals surface area (Å²) in [5.41, 5.74) is 15.0. The monoisotopic (exact) mass is 591 g/mol. The molecule has 3 nitrogen and oxygen atoms in total. The number of rotatable bonds is 5. The largest absolute Gasteiger partial charge is 0.383 e. The van der Waals surface area contributed by atoms with Crippen molar-refractivity contribution in [3.05, 3.63) is 175 Å². The summed E-state index contributed by atoms with van der Waals surface area (Å²) in [6.07, 6.45) is 19.4. The third-order valence-corrected chi connectivity index (χ3v) is 9.52. The summed E-state index contributed by atoms with van der Waals surface area (Å²) in [4.78, 5) is 0. The van der Waals surface area contributed by atoms with Crippen LogP contribution in [0.5, 0.6) is 0 Å². The van der Waals surface area contributed by atoms with Gasteiger partial charge >= 0.3 is 0 Å². The molecular weight excluding hydrogens is 558 g/mol. The molecule has 0 saturated heterocycles. The standard InChI is InChI=1S/C43H33N3/c1-2-15-35-34(14-1)37-17-9-16-36-33(20-21-38(35)43(36)37)31-13-8-11-29(25-31)28-10-7-12-30(24-28)32-26-41(39-18-3-5-22-44-39)46-42(27-32)40-19-4-6-23-45-40/h1-22,24-27,39,42,44-46H,23H2. The highest BCUT2D eigenvalue weighted by atomic mass is 15.1. The molecule has 0 aromatic heterocycles. The Labute approximate surface area is 269 Å². The van der Waals surface area contributed by atoms with Crippen molar-refractivity contribution in [1.82, 2.24) is 16.0 Å². The molecule has 3 heteroatoms. The van der Waals surface area contributed by atoms with Crippen LogP contribution in [-0.2, 0) is 0 Å². The lowest BCUT2D eigenvalue weighted by molar-refractivity contribution is 0.623. The van der Waals surface area contributed by atoms with Gasteiger partial charge in [0.2, 0.25) is 0 Å². The molecule has 9 rings (SSSR count). The molecule has 46 heavy (non-hydrogen) atoms. The number of dihydropyridines is 3. The minimum absolute atomic E-state index is 0.0583. The first kappa shape index (κ1) is 26.6. The van der Waals surface area contributed by atoms with Crippen LogP contribution >= 0.6 is 0 Å². The van der Waals surface area contributed by atoms with Crippen LogP contribution in [0.3, 0.4) is 0 Å². The van der Waals surface area contributed by atoms with Gasteiger partial charge < -0.3 is 16.0 Å². The highest BCUT2D eigenvalue weighted by Gasteiger charge is 2.24. The molecule has 3 aliphatic heterocycles. The second kappa shape index (κ2) is 11.0. The zero-order chi connectivity index (χ0) is 30.5. The second-order valence-corrected chi connectivity index (χ2v) is 12.3. The minimum atomic E-state index is 0.0583.